The Labute approximate surface area is 96.2 Å². The second-order valence-corrected chi connectivity index (χ2v) is 3.82. The molecule has 1 heterocycles. The van der Waals surface area contributed by atoms with Crippen LogP contribution in [0.5, 0.6) is 0 Å². The molecular weight excluding hydrogens is 200 g/mol. The summed E-state index contributed by atoms with van der Waals surface area (Å²) in [5.74, 6) is 0.347. The van der Waals surface area contributed by atoms with Crippen LogP contribution in [-0.2, 0) is 9.47 Å². The lowest BCUT2D eigenvalue weighted by Gasteiger charge is -2.03. The van der Waals surface area contributed by atoms with Crippen molar-refractivity contribution >= 4 is 6.08 Å². The van der Waals surface area contributed by atoms with Crippen LogP contribution in [0.2, 0.25) is 0 Å². The van der Waals surface area contributed by atoms with E-state index in [2.05, 4.69) is 18.2 Å². The zero-order valence-electron chi connectivity index (χ0n) is 9.43. The summed E-state index contributed by atoms with van der Waals surface area (Å²) in [7, 11) is 1.66. The summed E-state index contributed by atoms with van der Waals surface area (Å²) in [6, 6.07) is 10.3. The number of hydrogen-bond acceptors (Lipinski definition) is 2. The summed E-state index contributed by atoms with van der Waals surface area (Å²) in [4.78, 5) is 0. The summed E-state index contributed by atoms with van der Waals surface area (Å²) in [5, 5.41) is 0. The van der Waals surface area contributed by atoms with Gasteiger partial charge in [-0.1, -0.05) is 36.4 Å². The minimum Gasteiger partial charge on any atom is -0.505 e. The van der Waals surface area contributed by atoms with Crippen molar-refractivity contribution in [2.45, 2.75) is 0 Å². The van der Waals surface area contributed by atoms with Gasteiger partial charge >= 0.3 is 0 Å². The molecule has 2 rings (SSSR count). The highest BCUT2D eigenvalue weighted by atomic mass is 16.5. The van der Waals surface area contributed by atoms with Gasteiger partial charge in [-0.25, -0.2) is 0 Å². The average molecular weight is 216 g/mol. The van der Waals surface area contributed by atoms with Gasteiger partial charge in [0.1, 0.15) is 0 Å². The topological polar surface area (TPSA) is 18.5 Å². The van der Waals surface area contributed by atoms with Crippen molar-refractivity contribution in [3.8, 4) is 0 Å². The van der Waals surface area contributed by atoms with E-state index in [0.717, 1.165) is 6.61 Å². The number of ether oxygens (including phenoxy) is 2. The highest BCUT2D eigenvalue weighted by Crippen LogP contribution is 2.23. The van der Waals surface area contributed by atoms with Crippen molar-refractivity contribution in [2.75, 3.05) is 20.3 Å². The minimum atomic E-state index is 0.347. The van der Waals surface area contributed by atoms with E-state index in [0.29, 0.717) is 12.5 Å². The zero-order valence-corrected chi connectivity index (χ0v) is 9.43. The molecule has 1 aliphatic heterocycles. The first-order valence-corrected chi connectivity index (χ1v) is 5.43. The summed E-state index contributed by atoms with van der Waals surface area (Å²) in [6.45, 7) is 1.46. The van der Waals surface area contributed by atoms with Gasteiger partial charge in [-0.2, -0.15) is 0 Å². The minimum absolute atomic E-state index is 0.347. The number of rotatable bonds is 3. The normalized spacial score (nSPS) is 23.1. The van der Waals surface area contributed by atoms with Gasteiger partial charge in [0.2, 0.25) is 0 Å². The van der Waals surface area contributed by atoms with E-state index in [-0.39, 0.29) is 0 Å². The standard InChI is InChI=1S/C14H16O2/c1-15-8-7-13-10-16-11-14(13)9-12-5-3-2-4-6-12/h2-9,13H,10-11H2,1H3/b8-7+,14-9+. The predicted octanol–water partition coefficient (Wildman–Crippen LogP) is 2.88. The Balaban J connectivity index is 2.13. The molecule has 0 spiro atoms. The molecule has 0 saturated carbocycles. The Morgan fingerprint density at radius 3 is 2.88 bits per heavy atom. The van der Waals surface area contributed by atoms with E-state index >= 15 is 0 Å². The van der Waals surface area contributed by atoms with Crippen molar-refractivity contribution in [1.29, 1.82) is 0 Å². The van der Waals surface area contributed by atoms with Crippen molar-refractivity contribution in [3.63, 3.8) is 0 Å². The molecule has 1 aromatic carbocycles. The van der Waals surface area contributed by atoms with E-state index in [4.69, 9.17) is 9.47 Å². The lowest BCUT2D eigenvalue weighted by molar-refractivity contribution is 0.195. The van der Waals surface area contributed by atoms with Gasteiger partial charge < -0.3 is 9.47 Å². The van der Waals surface area contributed by atoms with Gasteiger partial charge in [0.25, 0.3) is 0 Å². The van der Waals surface area contributed by atoms with Crippen molar-refractivity contribution < 1.29 is 9.47 Å². The first-order chi connectivity index (χ1) is 7.90. The van der Waals surface area contributed by atoms with Crippen LogP contribution in [0.4, 0.5) is 0 Å². The van der Waals surface area contributed by atoms with Crippen LogP contribution in [0, 0.1) is 5.92 Å². The summed E-state index contributed by atoms with van der Waals surface area (Å²) in [6.07, 6.45) is 5.96. The van der Waals surface area contributed by atoms with Crippen LogP contribution >= 0.6 is 0 Å². The first-order valence-electron chi connectivity index (χ1n) is 5.43. The molecule has 16 heavy (non-hydrogen) atoms. The number of methoxy groups -OCH3 is 1. The highest BCUT2D eigenvalue weighted by molar-refractivity contribution is 5.54. The maximum absolute atomic E-state index is 5.46. The fourth-order valence-corrected chi connectivity index (χ4v) is 1.78. The summed E-state index contributed by atoms with van der Waals surface area (Å²) in [5.41, 5.74) is 2.53. The van der Waals surface area contributed by atoms with Crippen LogP contribution < -0.4 is 0 Å². The molecule has 0 bridgehead atoms. The van der Waals surface area contributed by atoms with Crippen LogP contribution in [0.3, 0.4) is 0 Å². The van der Waals surface area contributed by atoms with Crippen molar-refractivity contribution in [3.05, 3.63) is 53.8 Å². The molecule has 0 N–H and O–H groups in total. The van der Waals surface area contributed by atoms with Crippen LogP contribution in [-0.4, -0.2) is 20.3 Å². The first kappa shape index (κ1) is 11.0. The van der Waals surface area contributed by atoms with Gasteiger partial charge in [0, 0.05) is 5.92 Å². The Morgan fingerprint density at radius 2 is 2.12 bits per heavy atom. The van der Waals surface area contributed by atoms with Crippen LogP contribution in [0.25, 0.3) is 6.08 Å². The van der Waals surface area contributed by atoms with Crippen molar-refractivity contribution in [1.82, 2.24) is 0 Å². The Morgan fingerprint density at radius 1 is 1.31 bits per heavy atom. The molecule has 84 valence electrons. The molecule has 0 aromatic heterocycles. The molecule has 0 radical (unpaired) electrons. The van der Waals surface area contributed by atoms with Gasteiger partial charge in [-0.05, 0) is 17.2 Å². The van der Waals surface area contributed by atoms with E-state index in [1.54, 1.807) is 13.4 Å². The SMILES string of the molecule is CO/C=C/C1COC/C1=C\c1ccccc1. The van der Waals surface area contributed by atoms with E-state index in [1.165, 1.54) is 11.1 Å². The van der Waals surface area contributed by atoms with Crippen LogP contribution in [0.1, 0.15) is 5.56 Å². The van der Waals surface area contributed by atoms with Crippen LogP contribution in [0.15, 0.2) is 48.2 Å². The van der Waals surface area contributed by atoms with E-state index < -0.39 is 0 Å². The summed E-state index contributed by atoms with van der Waals surface area (Å²) < 4.78 is 10.4. The van der Waals surface area contributed by atoms with Gasteiger partial charge in [-0.15, -0.1) is 0 Å². The molecule has 1 fully saturated rings. The van der Waals surface area contributed by atoms with Crippen molar-refractivity contribution in [2.24, 2.45) is 5.92 Å². The third-order valence-electron chi connectivity index (χ3n) is 2.64. The third-order valence-corrected chi connectivity index (χ3v) is 2.64. The lowest BCUT2D eigenvalue weighted by atomic mass is 10.0. The fourth-order valence-electron chi connectivity index (χ4n) is 1.78. The largest absolute Gasteiger partial charge is 0.505 e. The second-order valence-electron chi connectivity index (χ2n) is 3.82. The maximum atomic E-state index is 5.46. The quantitative estimate of drug-likeness (QED) is 0.723. The Hall–Kier alpha value is -1.54. The molecule has 1 saturated heterocycles. The molecular formula is C14H16O2. The molecule has 1 aromatic rings. The van der Waals surface area contributed by atoms with E-state index in [1.807, 2.05) is 24.3 Å². The second kappa shape index (κ2) is 5.52. The zero-order chi connectivity index (χ0) is 11.2. The monoisotopic (exact) mass is 216 g/mol. The lowest BCUT2D eigenvalue weighted by Crippen LogP contribution is -1.97. The molecule has 1 unspecified atom stereocenters. The summed E-state index contributed by atoms with van der Waals surface area (Å²) >= 11 is 0. The molecule has 1 aliphatic rings. The Kier molecular flexibility index (Phi) is 3.78. The van der Waals surface area contributed by atoms with Gasteiger partial charge in [-0.3, -0.25) is 0 Å². The Bertz CT molecular complexity index is 379. The number of hydrogen-bond donors (Lipinski definition) is 0. The van der Waals surface area contributed by atoms with Gasteiger partial charge in [0.05, 0.1) is 26.6 Å². The van der Waals surface area contributed by atoms with Gasteiger partial charge in [0.15, 0.2) is 0 Å². The average Bonchev–Trinajstić information content (AvgIpc) is 2.75. The molecule has 0 amide bonds. The number of benzene rings is 1. The molecule has 1 atom stereocenters. The fraction of sp³-hybridized carbons (Fsp3) is 0.286. The maximum Gasteiger partial charge on any atom is 0.0791 e. The predicted molar refractivity (Wildman–Crippen MR) is 64.9 cm³/mol. The van der Waals surface area contributed by atoms with E-state index in [9.17, 15) is 0 Å². The highest BCUT2D eigenvalue weighted by Gasteiger charge is 2.18. The smallest absolute Gasteiger partial charge is 0.0791 e. The molecule has 2 nitrogen and oxygen atoms in total. The third kappa shape index (κ3) is 2.74. The molecule has 2 heteroatoms. The molecule has 0 aliphatic carbocycles.